The van der Waals surface area contributed by atoms with Crippen molar-refractivity contribution in [3.05, 3.63) is 57.6 Å². The molecule has 0 aliphatic carbocycles. The van der Waals surface area contributed by atoms with Crippen LogP contribution in [-0.4, -0.2) is 13.2 Å². The molecular formula is C16H14Cl2O2. The van der Waals surface area contributed by atoms with E-state index in [1.165, 1.54) is 11.1 Å². The molecule has 3 rings (SSSR count). The molecule has 2 aromatic rings. The number of hydrogen-bond acceptors (Lipinski definition) is 2. The lowest BCUT2D eigenvalue weighted by Crippen LogP contribution is -2.02. The summed E-state index contributed by atoms with van der Waals surface area (Å²) in [6.45, 7) is 1.35. The first kappa shape index (κ1) is 13.6. The third-order valence-electron chi connectivity index (χ3n) is 3.30. The molecule has 0 amide bonds. The number of rotatable bonds is 4. The van der Waals surface area contributed by atoms with Crippen LogP contribution in [0.2, 0.25) is 10.0 Å². The van der Waals surface area contributed by atoms with Crippen molar-refractivity contribution in [3.63, 3.8) is 0 Å². The summed E-state index contributed by atoms with van der Waals surface area (Å²) in [5.74, 6) is 1.64. The molecule has 1 aliphatic heterocycles. The van der Waals surface area contributed by atoms with E-state index in [4.69, 9.17) is 32.7 Å². The predicted molar refractivity (Wildman–Crippen MR) is 81.3 cm³/mol. The van der Waals surface area contributed by atoms with Gasteiger partial charge in [0, 0.05) is 23.9 Å². The normalized spacial score (nSPS) is 12.9. The Balaban J connectivity index is 1.61. The van der Waals surface area contributed by atoms with E-state index in [-0.39, 0.29) is 0 Å². The van der Waals surface area contributed by atoms with Crippen LogP contribution in [0.4, 0.5) is 0 Å². The molecule has 0 unspecified atom stereocenters. The lowest BCUT2D eigenvalue weighted by Gasteiger charge is -2.09. The average Bonchev–Trinajstić information content (AvgIpc) is 2.90. The van der Waals surface area contributed by atoms with E-state index in [0.29, 0.717) is 22.4 Å². The van der Waals surface area contributed by atoms with E-state index >= 15 is 0 Å². The number of fused-ring (bicyclic) bond motifs is 1. The highest BCUT2D eigenvalue weighted by Gasteiger charge is 2.12. The van der Waals surface area contributed by atoms with Crippen LogP contribution in [0.3, 0.4) is 0 Å². The summed E-state index contributed by atoms with van der Waals surface area (Å²) in [5.41, 5.74) is 2.52. The molecule has 0 saturated carbocycles. The fourth-order valence-electron chi connectivity index (χ4n) is 2.26. The van der Waals surface area contributed by atoms with Crippen LogP contribution in [0.25, 0.3) is 0 Å². The van der Waals surface area contributed by atoms with Gasteiger partial charge in [-0.05, 0) is 29.3 Å². The monoisotopic (exact) mass is 308 g/mol. The molecule has 104 valence electrons. The first-order chi connectivity index (χ1) is 9.72. The zero-order chi connectivity index (χ0) is 13.9. The molecule has 0 aromatic heterocycles. The Labute approximate surface area is 128 Å². The molecule has 0 bridgehead atoms. The summed E-state index contributed by atoms with van der Waals surface area (Å²) in [6.07, 6.45) is 1.82. The summed E-state index contributed by atoms with van der Waals surface area (Å²) in [7, 11) is 0. The largest absolute Gasteiger partial charge is 0.493 e. The van der Waals surface area contributed by atoms with Gasteiger partial charge in [-0.15, -0.1) is 0 Å². The third-order valence-corrected chi connectivity index (χ3v) is 3.84. The minimum absolute atomic E-state index is 0.569. The van der Waals surface area contributed by atoms with Gasteiger partial charge in [0.1, 0.15) is 11.5 Å². The van der Waals surface area contributed by atoms with Gasteiger partial charge in [0.15, 0.2) is 0 Å². The molecule has 4 heteroatoms. The smallest absolute Gasteiger partial charge is 0.139 e. The quantitative estimate of drug-likeness (QED) is 0.825. The summed E-state index contributed by atoms with van der Waals surface area (Å²) in [4.78, 5) is 0. The summed E-state index contributed by atoms with van der Waals surface area (Å²) in [6, 6.07) is 11.5. The number of hydrogen-bond donors (Lipinski definition) is 0. The maximum atomic E-state index is 6.05. The maximum Gasteiger partial charge on any atom is 0.139 e. The Morgan fingerprint density at radius 1 is 1.10 bits per heavy atom. The summed E-state index contributed by atoms with van der Waals surface area (Å²) < 4.78 is 11.2. The Morgan fingerprint density at radius 2 is 2.00 bits per heavy atom. The van der Waals surface area contributed by atoms with Crippen molar-refractivity contribution in [3.8, 4) is 11.5 Å². The van der Waals surface area contributed by atoms with Crippen molar-refractivity contribution >= 4 is 23.2 Å². The second-order valence-electron chi connectivity index (χ2n) is 4.71. The van der Waals surface area contributed by atoms with Crippen molar-refractivity contribution in [2.24, 2.45) is 0 Å². The SMILES string of the molecule is Clc1ccc(Cl)c(OCCc2ccc3c(c2)CCO3)c1. The van der Waals surface area contributed by atoms with Crippen LogP contribution in [0.15, 0.2) is 36.4 Å². The predicted octanol–water partition coefficient (Wildman–Crippen LogP) is 4.55. The van der Waals surface area contributed by atoms with Crippen LogP contribution in [-0.2, 0) is 12.8 Å². The van der Waals surface area contributed by atoms with E-state index in [1.807, 2.05) is 6.07 Å². The van der Waals surface area contributed by atoms with Crippen molar-refractivity contribution in [2.45, 2.75) is 12.8 Å². The zero-order valence-electron chi connectivity index (χ0n) is 10.9. The highest BCUT2D eigenvalue weighted by atomic mass is 35.5. The fraction of sp³-hybridized carbons (Fsp3) is 0.250. The van der Waals surface area contributed by atoms with Gasteiger partial charge < -0.3 is 9.47 Å². The molecule has 0 saturated heterocycles. The Bertz CT molecular complexity index is 626. The number of ether oxygens (including phenoxy) is 2. The molecule has 0 spiro atoms. The standard InChI is InChI=1S/C16H14Cl2O2/c17-13-2-3-14(18)16(10-13)20-7-5-11-1-4-15-12(9-11)6-8-19-15/h1-4,9-10H,5-8H2. The van der Waals surface area contributed by atoms with E-state index in [1.54, 1.807) is 18.2 Å². The first-order valence-electron chi connectivity index (χ1n) is 6.55. The van der Waals surface area contributed by atoms with Crippen LogP contribution >= 0.6 is 23.2 Å². The highest BCUT2D eigenvalue weighted by Crippen LogP contribution is 2.28. The molecule has 2 nitrogen and oxygen atoms in total. The van der Waals surface area contributed by atoms with Gasteiger partial charge >= 0.3 is 0 Å². The van der Waals surface area contributed by atoms with Gasteiger partial charge in [-0.1, -0.05) is 35.3 Å². The molecule has 2 aromatic carbocycles. The summed E-state index contributed by atoms with van der Waals surface area (Å²) in [5, 5.41) is 1.20. The van der Waals surface area contributed by atoms with Gasteiger partial charge in [-0.2, -0.15) is 0 Å². The van der Waals surface area contributed by atoms with Crippen LogP contribution in [0.1, 0.15) is 11.1 Å². The van der Waals surface area contributed by atoms with Gasteiger partial charge in [0.05, 0.1) is 18.2 Å². The number of benzene rings is 2. The van der Waals surface area contributed by atoms with Crippen LogP contribution in [0, 0.1) is 0 Å². The molecule has 0 atom stereocenters. The molecule has 0 radical (unpaired) electrons. The average molecular weight is 309 g/mol. The zero-order valence-corrected chi connectivity index (χ0v) is 12.4. The van der Waals surface area contributed by atoms with E-state index in [9.17, 15) is 0 Å². The van der Waals surface area contributed by atoms with E-state index < -0.39 is 0 Å². The second-order valence-corrected chi connectivity index (χ2v) is 5.56. The highest BCUT2D eigenvalue weighted by molar-refractivity contribution is 6.34. The van der Waals surface area contributed by atoms with Gasteiger partial charge in [-0.25, -0.2) is 0 Å². The van der Waals surface area contributed by atoms with Crippen molar-refractivity contribution in [2.75, 3.05) is 13.2 Å². The Hall–Kier alpha value is -1.38. The maximum absolute atomic E-state index is 6.05. The molecule has 1 aliphatic rings. The second kappa shape index (κ2) is 5.94. The molecule has 1 heterocycles. The van der Waals surface area contributed by atoms with Crippen molar-refractivity contribution < 1.29 is 9.47 Å². The number of halogens is 2. The third kappa shape index (κ3) is 3.02. The van der Waals surface area contributed by atoms with Crippen molar-refractivity contribution in [1.29, 1.82) is 0 Å². The van der Waals surface area contributed by atoms with E-state index in [2.05, 4.69) is 12.1 Å². The van der Waals surface area contributed by atoms with Gasteiger partial charge in [0.25, 0.3) is 0 Å². The van der Waals surface area contributed by atoms with Gasteiger partial charge in [-0.3, -0.25) is 0 Å². The van der Waals surface area contributed by atoms with Crippen LogP contribution < -0.4 is 9.47 Å². The topological polar surface area (TPSA) is 18.5 Å². The Morgan fingerprint density at radius 3 is 2.90 bits per heavy atom. The lowest BCUT2D eigenvalue weighted by atomic mass is 10.1. The molecule has 0 fully saturated rings. The first-order valence-corrected chi connectivity index (χ1v) is 7.30. The minimum Gasteiger partial charge on any atom is -0.493 e. The fourth-order valence-corrected chi connectivity index (χ4v) is 2.60. The minimum atomic E-state index is 0.569. The molecular weight excluding hydrogens is 295 g/mol. The Kier molecular flexibility index (Phi) is 4.04. The van der Waals surface area contributed by atoms with E-state index in [0.717, 1.165) is 25.2 Å². The molecule has 20 heavy (non-hydrogen) atoms. The molecule has 0 N–H and O–H groups in total. The van der Waals surface area contributed by atoms with Gasteiger partial charge in [0.2, 0.25) is 0 Å². The van der Waals surface area contributed by atoms with Crippen molar-refractivity contribution in [1.82, 2.24) is 0 Å². The summed E-state index contributed by atoms with van der Waals surface area (Å²) >= 11 is 12.0. The van der Waals surface area contributed by atoms with Crippen LogP contribution in [0.5, 0.6) is 11.5 Å². The lowest BCUT2D eigenvalue weighted by molar-refractivity contribution is 0.322.